The molecule has 0 aromatic rings. The number of hydrogen-bond acceptors (Lipinski definition) is 3. The fourth-order valence-corrected chi connectivity index (χ4v) is 2.22. The highest BCUT2D eigenvalue weighted by atomic mass is 16.8. The van der Waals surface area contributed by atoms with Crippen molar-refractivity contribution in [3.05, 3.63) is 12.7 Å². The van der Waals surface area contributed by atoms with Gasteiger partial charge in [0.15, 0.2) is 5.79 Å². The summed E-state index contributed by atoms with van der Waals surface area (Å²) in [4.78, 5) is 0. The van der Waals surface area contributed by atoms with Gasteiger partial charge in [0.1, 0.15) is 6.10 Å². The molecule has 0 spiro atoms. The maximum absolute atomic E-state index is 9.68. The van der Waals surface area contributed by atoms with E-state index >= 15 is 0 Å². The van der Waals surface area contributed by atoms with Crippen molar-refractivity contribution in [2.24, 2.45) is 5.92 Å². The van der Waals surface area contributed by atoms with Gasteiger partial charge in [0, 0.05) is 5.92 Å². The molecular weight excluding hydrogens is 168 g/mol. The summed E-state index contributed by atoms with van der Waals surface area (Å²) in [6.45, 7) is 7.49. The third kappa shape index (κ3) is 1.41. The van der Waals surface area contributed by atoms with Crippen LogP contribution in [0.3, 0.4) is 0 Å². The monoisotopic (exact) mass is 184 g/mol. The number of fused-ring (bicyclic) bond motifs is 1. The van der Waals surface area contributed by atoms with Crippen LogP contribution in [0.2, 0.25) is 0 Å². The Labute approximate surface area is 78.3 Å². The molecular formula is C10H16O3. The van der Waals surface area contributed by atoms with Crippen LogP contribution >= 0.6 is 0 Å². The molecule has 1 aliphatic carbocycles. The number of aliphatic hydroxyl groups is 1. The average Bonchev–Trinajstić information content (AvgIpc) is 2.47. The van der Waals surface area contributed by atoms with E-state index in [2.05, 4.69) is 6.58 Å². The molecule has 1 heterocycles. The van der Waals surface area contributed by atoms with Crippen molar-refractivity contribution in [3.63, 3.8) is 0 Å². The second kappa shape index (κ2) is 2.80. The molecule has 0 unspecified atom stereocenters. The molecule has 0 bridgehead atoms. The van der Waals surface area contributed by atoms with Gasteiger partial charge < -0.3 is 14.6 Å². The lowest BCUT2D eigenvalue weighted by atomic mass is 10.1. The predicted molar refractivity (Wildman–Crippen MR) is 48.1 cm³/mol. The Morgan fingerprint density at radius 3 is 2.62 bits per heavy atom. The number of hydrogen-bond donors (Lipinski definition) is 1. The normalized spacial score (nSPS) is 47.6. The highest BCUT2D eigenvalue weighted by Gasteiger charge is 2.52. The summed E-state index contributed by atoms with van der Waals surface area (Å²) in [5.41, 5.74) is 0. The largest absolute Gasteiger partial charge is 0.390 e. The van der Waals surface area contributed by atoms with Crippen LogP contribution in [-0.4, -0.2) is 29.2 Å². The van der Waals surface area contributed by atoms with Gasteiger partial charge in [0.05, 0.1) is 12.2 Å². The highest BCUT2D eigenvalue weighted by Crippen LogP contribution is 2.41. The third-order valence-electron chi connectivity index (χ3n) is 2.78. The van der Waals surface area contributed by atoms with Gasteiger partial charge in [0.25, 0.3) is 0 Å². The van der Waals surface area contributed by atoms with Gasteiger partial charge in [0.2, 0.25) is 0 Å². The molecule has 1 N–H and O–H groups in total. The highest BCUT2D eigenvalue weighted by molar-refractivity contribution is 5.03. The van der Waals surface area contributed by atoms with E-state index in [1.54, 1.807) is 0 Å². The Morgan fingerprint density at radius 1 is 1.38 bits per heavy atom. The molecule has 0 radical (unpaired) electrons. The van der Waals surface area contributed by atoms with Crippen LogP contribution < -0.4 is 0 Å². The van der Waals surface area contributed by atoms with Crippen molar-refractivity contribution < 1.29 is 14.6 Å². The average molecular weight is 184 g/mol. The first kappa shape index (κ1) is 9.19. The van der Waals surface area contributed by atoms with E-state index in [0.29, 0.717) is 6.42 Å². The van der Waals surface area contributed by atoms with Crippen LogP contribution in [0.4, 0.5) is 0 Å². The maximum atomic E-state index is 9.68. The topological polar surface area (TPSA) is 38.7 Å². The number of aliphatic hydroxyl groups excluding tert-OH is 1. The molecule has 3 nitrogen and oxygen atoms in total. The van der Waals surface area contributed by atoms with Crippen LogP contribution in [0.1, 0.15) is 20.3 Å². The predicted octanol–water partition coefficient (Wildman–Crippen LogP) is 1.07. The third-order valence-corrected chi connectivity index (χ3v) is 2.78. The van der Waals surface area contributed by atoms with E-state index in [-0.39, 0.29) is 18.1 Å². The van der Waals surface area contributed by atoms with E-state index in [1.165, 1.54) is 0 Å². The zero-order valence-corrected chi connectivity index (χ0v) is 8.06. The van der Waals surface area contributed by atoms with Gasteiger partial charge in [-0.2, -0.15) is 0 Å². The minimum atomic E-state index is -0.558. The van der Waals surface area contributed by atoms with Crippen LogP contribution in [0, 0.1) is 5.92 Å². The van der Waals surface area contributed by atoms with Gasteiger partial charge >= 0.3 is 0 Å². The molecule has 1 saturated heterocycles. The van der Waals surface area contributed by atoms with E-state index < -0.39 is 11.9 Å². The molecule has 1 aliphatic heterocycles. The molecule has 2 rings (SSSR count). The Hall–Kier alpha value is -0.380. The maximum Gasteiger partial charge on any atom is 0.163 e. The van der Waals surface area contributed by atoms with Crippen molar-refractivity contribution in [1.29, 1.82) is 0 Å². The van der Waals surface area contributed by atoms with Crippen LogP contribution in [0.15, 0.2) is 12.7 Å². The van der Waals surface area contributed by atoms with Crippen molar-refractivity contribution in [3.8, 4) is 0 Å². The lowest BCUT2D eigenvalue weighted by Crippen LogP contribution is -2.28. The summed E-state index contributed by atoms with van der Waals surface area (Å²) in [6, 6.07) is 0. The summed E-state index contributed by atoms with van der Waals surface area (Å²) in [5.74, 6) is -0.334. The summed E-state index contributed by atoms with van der Waals surface area (Å²) in [5, 5.41) is 9.68. The van der Waals surface area contributed by atoms with E-state index in [0.717, 1.165) is 0 Å². The van der Waals surface area contributed by atoms with Crippen LogP contribution in [0.25, 0.3) is 0 Å². The van der Waals surface area contributed by atoms with Gasteiger partial charge in [-0.25, -0.2) is 0 Å². The second-order valence-corrected chi connectivity index (χ2v) is 4.27. The Balaban J connectivity index is 2.17. The van der Waals surface area contributed by atoms with Crippen molar-refractivity contribution in [2.75, 3.05) is 0 Å². The molecule has 0 aromatic carbocycles. The first-order chi connectivity index (χ1) is 6.03. The first-order valence-corrected chi connectivity index (χ1v) is 4.70. The van der Waals surface area contributed by atoms with Crippen molar-refractivity contribution in [2.45, 2.75) is 44.4 Å². The molecule has 0 amide bonds. The van der Waals surface area contributed by atoms with Gasteiger partial charge in [-0.1, -0.05) is 6.08 Å². The molecule has 13 heavy (non-hydrogen) atoms. The van der Waals surface area contributed by atoms with Crippen molar-refractivity contribution in [1.82, 2.24) is 0 Å². The zero-order chi connectivity index (χ0) is 9.64. The SMILES string of the molecule is C=C[C@H]1C[C@H](O)[C@@H]2OC(C)(C)O[C@@H]21. The van der Waals surface area contributed by atoms with E-state index in [1.807, 2.05) is 19.9 Å². The molecule has 4 atom stereocenters. The minimum Gasteiger partial charge on any atom is -0.390 e. The fourth-order valence-electron chi connectivity index (χ4n) is 2.22. The van der Waals surface area contributed by atoms with Gasteiger partial charge in [-0.15, -0.1) is 6.58 Å². The lowest BCUT2D eigenvalue weighted by Gasteiger charge is -2.20. The molecule has 2 fully saturated rings. The number of rotatable bonds is 1. The Bertz CT molecular complexity index is 224. The molecule has 74 valence electrons. The Kier molecular flexibility index (Phi) is 1.98. The second-order valence-electron chi connectivity index (χ2n) is 4.27. The number of ether oxygens (including phenoxy) is 2. The lowest BCUT2D eigenvalue weighted by molar-refractivity contribution is -0.164. The smallest absolute Gasteiger partial charge is 0.163 e. The van der Waals surface area contributed by atoms with E-state index in [4.69, 9.17) is 9.47 Å². The summed E-state index contributed by atoms with van der Waals surface area (Å²) in [6.07, 6.45) is 1.96. The summed E-state index contributed by atoms with van der Waals surface area (Å²) in [7, 11) is 0. The molecule has 1 saturated carbocycles. The van der Waals surface area contributed by atoms with Crippen molar-refractivity contribution >= 4 is 0 Å². The van der Waals surface area contributed by atoms with E-state index in [9.17, 15) is 5.11 Å². The fraction of sp³-hybridized carbons (Fsp3) is 0.800. The standard InChI is InChI=1S/C10H16O3/c1-4-6-5-7(11)9-8(6)12-10(2,3)13-9/h4,6-9,11H,1,5H2,2-3H3/t6-,7-,8+,9-/m0/s1. The quantitative estimate of drug-likeness (QED) is 0.620. The Morgan fingerprint density at radius 2 is 2.00 bits per heavy atom. The molecule has 3 heteroatoms. The summed E-state index contributed by atoms with van der Waals surface area (Å²) < 4.78 is 11.3. The minimum absolute atomic E-state index is 0.0116. The molecule has 2 aliphatic rings. The van der Waals surface area contributed by atoms with Crippen LogP contribution in [-0.2, 0) is 9.47 Å². The summed E-state index contributed by atoms with van der Waals surface area (Å²) >= 11 is 0. The van der Waals surface area contributed by atoms with Gasteiger partial charge in [-0.3, -0.25) is 0 Å². The van der Waals surface area contributed by atoms with Gasteiger partial charge in [-0.05, 0) is 20.3 Å². The van der Waals surface area contributed by atoms with Crippen LogP contribution in [0.5, 0.6) is 0 Å². The first-order valence-electron chi connectivity index (χ1n) is 4.70. The zero-order valence-electron chi connectivity index (χ0n) is 8.06. The molecule has 0 aromatic heterocycles.